The third-order valence-electron chi connectivity index (χ3n) is 5.54. The second-order valence-corrected chi connectivity index (χ2v) is 7.56. The fourth-order valence-corrected chi connectivity index (χ4v) is 3.77. The summed E-state index contributed by atoms with van der Waals surface area (Å²) < 4.78 is 26.4. The van der Waals surface area contributed by atoms with E-state index >= 15 is 0 Å². The number of phenols is 1. The number of halogens is 2. The average molecular weight is 481 g/mol. The van der Waals surface area contributed by atoms with E-state index in [1.54, 1.807) is 18.3 Å². The zero-order chi connectivity index (χ0) is 23.0. The standard InChI is InChI=1S/C21H23N7O2.2ClH/c1-30-20-9-16(24-12-25-20)14-4-5-15(19(29)8-14)17-10-23-21(27-26-17)28-7-6-22-18(11-28)13-2-3-13;;/h4-5,8-10,12-13,18,22,29H,2-3,6-7,11H2,1H3;2*1H/t18-;;/m1../s1/i1D3;;. The Morgan fingerprint density at radius 2 is 2.00 bits per heavy atom. The number of hydrogen-bond acceptors (Lipinski definition) is 9. The molecule has 1 aromatic carbocycles. The van der Waals surface area contributed by atoms with Crippen molar-refractivity contribution in [3.63, 3.8) is 0 Å². The van der Waals surface area contributed by atoms with Gasteiger partial charge in [-0.2, -0.15) is 0 Å². The number of ether oxygens (including phenoxy) is 1. The minimum atomic E-state index is -2.61. The predicted octanol–water partition coefficient (Wildman–Crippen LogP) is 2.74. The third-order valence-corrected chi connectivity index (χ3v) is 5.54. The molecule has 3 heterocycles. The molecule has 5 rings (SSSR count). The number of methoxy groups -OCH3 is 1. The van der Waals surface area contributed by atoms with E-state index in [0.717, 1.165) is 25.6 Å². The van der Waals surface area contributed by atoms with Crippen LogP contribution in [0.3, 0.4) is 0 Å². The highest BCUT2D eigenvalue weighted by atomic mass is 35.5. The number of nitrogens with zero attached hydrogens (tertiary/aromatic N) is 6. The molecule has 2 fully saturated rings. The lowest BCUT2D eigenvalue weighted by Gasteiger charge is -2.33. The van der Waals surface area contributed by atoms with Gasteiger partial charge in [-0.3, -0.25) is 0 Å². The molecule has 9 nitrogen and oxygen atoms in total. The van der Waals surface area contributed by atoms with Crippen LogP contribution in [0.4, 0.5) is 5.95 Å². The monoisotopic (exact) mass is 480 g/mol. The topological polar surface area (TPSA) is 109 Å². The smallest absolute Gasteiger partial charge is 0.245 e. The molecule has 0 radical (unpaired) electrons. The third kappa shape index (κ3) is 5.01. The fraction of sp³-hybridized carbons (Fsp3) is 0.381. The van der Waals surface area contributed by atoms with Crippen molar-refractivity contribution in [2.24, 2.45) is 5.92 Å². The van der Waals surface area contributed by atoms with E-state index in [9.17, 15) is 5.11 Å². The van der Waals surface area contributed by atoms with E-state index in [4.69, 9.17) is 8.85 Å². The van der Waals surface area contributed by atoms with Gasteiger partial charge in [0.15, 0.2) is 0 Å². The summed E-state index contributed by atoms with van der Waals surface area (Å²) in [5.74, 6) is 1.24. The number of benzene rings is 1. The summed E-state index contributed by atoms with van der Waals surface area (Å²) in [5, 5.41) is 22.7. The Bertz CT molecular complexity index is 1150. The number of nitrogens with one attached hydrogen (secondary N) is 1. The van der Waals surface area contributed by atoms with Gasteiger partial charge < -0.3 is 20.1 Å². The summed E-state index contributed by atoms with van der Waals surface area (Å²) >= 11 is 0. The van der Waals surface area contributed by atoms with Gasteiger partial charge in [0.1, 0.15) is 17.8 Å². The van der Waals surface area contributed by atoms with Crippen molar-refractivity contribution in [3.05, 3.63) is 36.8 Å². The molecule has 0 amide bonds. The van der Waals surface area contributed by atoms with Gasteiger partial charge in [-0.25, -0.2) is 15.0 Å². The van der Waals surface area contributed by atoms with Gasteiger partial charge in [0.25, 0.3) is 0 Å². The van der Waals surface area contributed by atoms with Crippen molar-refractivity contribution >= 4 is 30.8 Å². The molecule has 2 aromatic heterocycles. The molecule has 1 aliphatic carbocycles. The number of rotatable bonds is 5. The highest BCUT2D eigenvalue weighted by Crippen LogP contribution is 2.34. The Kier molecular flexibility index (Phi) is 6.37. The summed E-state index contributed by atoms with van der Waals surface area (Å²) in [6.07, 6.45) is 5.38. The maximum atomic E-state index is 10.6. The average Bonchev–Trinajstić information content (AvgIpc) is 3.64. The zero-order valence-corrected chi connectivity index (χ0v) is 18.6. The number of hydrogen-bond donors (Lipinski definition) is 2. The number of phenolic OH excluding ortho intramolecular Hbond substituents is 1. The molecule has 0 unspecified atom stereocenters. The lowest BCUT2D eigenvalue weighted by atomic mass is 10.1. The summed E-state index contributed by atoms with van der Waals surface area (Å²) in [4.78, 5) is 14.6. The number of anilines is 1. The summed E-state index contributed by atoms with van der Waals surface area (Å²) in [6.45, 7) is 2.60. The predicted molar refractivity (Wildman–Crippen MR) is 126 cm³/mol. The van der Waals surface area contributed by atoms with Crippen LogP contribution in [-0.2, 0) is 0 Å². The van der Waals surface area contributed by atoms with Crippen LogP contribution in [0.2, 0.25) is 0 Å². The number of aromatic nitrogens is 5. The Morgan fingerprint density at radius 3 is 2.72 bits per heavy atom. The molecule has 170 valence electrons. The SMILES string of the molecule is Cl.Cl.[2H]C([2H])([2H])Oc1cc(-c2ccc(-c3cnc(N4CCN[C@@H](C5CC5)C4)nn3)c(O)c2)ncn1. The molecule has 1 saturated heterocycles. The first kappa shape index (κ1) is 19.9. The van der Waals surface area contributed by atoms with Crippen molar-refractivity contribution in [3.8, 4) is 34.1 Å². The first-order chi connectivity index (χ1) is 15.9. The van der Waals surface area contributed by atoms with E-state index < -0.39 is 7.04 Å². The summed E-state index contributed by atoms with van der Waals surface area (Å²) in [6, 6.07) is 6.83. The Balaban J connectivity index is 0.00000171. The summed E-state index contributed by atoms with van der Waals surface area (Å²) in [5.41, 5.74) is 1.91. The lowest BCUT2D eigenvalue weighted by molar-refractivity contribution is 0.397. The van der Waals surface area contributed by atoms with E-state index in [1.165, 1.54) is 31.3 Å². The maximum Gasteiger partial charge on any atom is 0.245 e. The Hall–Kier alpha value is -2.75. The summed E-state index contributed by atoms with van der Waals surface area (Å²) in [7, 11) is -2.61. The first-order valence-electron chi connectivity index (χ1n) is 11.4. The molecule has 2 aliphatic rings. The lowest BCUT2D eigenvalue weighted by Crippen LogP contribution is -2.52. The molecular formula is C21H25Cl2N7O2. The molecule has 0 bridgehead atoms. The van der Waals surface area contributed by atoms with Gasteiger partial charge in [-0.05, 0) is 30.9 Å². The molecule has 32 heavy (non-hydrogen) atoms. The van der Waals surface area contributed by atoms with E-state index in [-0.39, 0.29) is 36.4 Å². The number of piperazine rings is 1. The van der Waals surface area contributed by atoms with Crippen LogP contribution in [-0.4, -0.2) is 63.0 Å². The molecule has 1 aliphatic heterocycles. The van der Waals surface area contributed by atoms with Gasteiger partial charge >= 0.3 is 0 Å². The van der Waals surface area contributed by atoms with Crippen molar-refractivity contribution in [1.82, 2.24) is 30.5 Å². The molecule has 0 spiro atoms. The highest BCUT2D eigenvalue weighted by molar-refractivity contribution is 5.85. The van der Waals surface area contributed by atoms with Gasteiger partial charge in [-0.15, -0.1) is 35.0 Å². The van der Waals surface area contributed by atoms with Gasteiger partial charge in [0.05, 0.1) is 23.0 Å². The van der Waals surface area contributed by atoms with Crippen LogP contribution in [0.1, 0.15) is 17.0 Å². The Morgan fingerprint density at radius 1 is 1.12 bits per heavy atom. The highest BCUT2D eigenvalue weighted by Gasteiger charge is 2.34. The Labute approximate surface area is 202 Å². The van der Waals surface area contributed by atoms with Crippen molar-refractivity contribution in [2.75, 3.05) is 31.6 Å². The second-order valence-electron chi connectivity index (χ2n) is 7.56. The van der Waals surface area contributed by atoms with Crippen LogP contribution < -0.4 is 15.0 Å². The van der Waals surface area contributed by atoms with Crippen molar-refractivity contribution < 1.29 is 14.0 Å². The molecule has 2 N–H and O–H groups in total. The number of aromatic hydroxyl groups is 1. The molecule has 1 saturated carbocycles. The van der Waals surface area contributed by atoms with Gasteiger partial charge in [0.2, 0.25) is 11.8 Å². The van der Waals surface area contributed by atoms with Crippen LogP contribution in [0.5, 0.6) is 11.6 Å². The minimum absolute atomic E-state index is 0. The van der Waals surface area contributed by atoms with Crippen molar-refractivity contribution in [2.45, 2.75) is 18.9 Å². The van der Waals surface area contributed by atoms with E-state index in [0.29, 0.717) is 34.5 Å². The van der Waals surface area contributed by atoms with Crippen LogP contribution >= 0.6 is 24.8 Å². The fourth-order valence-electron chi connectivity index (χ4n) is 3.77. The second kappa shape index (κ2) is 10.2. The maximum absolute atomic E-state index is 10.6. The molecule has 1 atom stereocenters. The molecule has 3 aromatic rings. The van der Waals surface area contributed by atoms with Crippen LogP contribution in [0.15, 0.2) is 36.8 Å². The first-order valence-corrected chi connectivity index (χ1v) is 9.88. The van der Waals surface area contributed by atoms with Crippen molar-refractivity contribution in [1.29, 1.82) is 0 Å². The normalized spacial score (nSPS) is 19.6. The largest absolute Gasteiger partial charge is 0.507 e. The van der Waals surface area contributed by atoms with Gasteiger partial charge in [-0.1, -0.05) is 6.07 Å². The van der Waals surface area contributed by atoms with Crippen LogP contribution in [0, 0.1) is 5.92 Å². The van der Waals surface area contributed by atoms with E-state index in [2.05, 4.69) is 35.4 Å². The molecular weight excluding hydrogens is 453 g/mol. The van der Waals surface area contributed by atoms with Gasteiger partial charge in [0, 0.05) is 42.9 Å². The molecule has 11 heteroatoms. The van der Waals surface area contributed by atoms with Crippen LogP contribution in [0.25, 0.3) is 22.5 Å². The quantitative estimate of drug-likeness (QED) is 0.569. The van der Waals surface area contributed by atoms with E-state index in [1.807, 2.05) is 0 Å². The zero-order valence-electron chi connectivity index (χ0n) is 20.0. The minimum Gasteiger partial charge on any atom is -0.507 e.